The molecule has 0 radical (unpaired) electrons. The van der Waals surface area contributed by atoms with E-state index >= 15 is 0 Å². The van der Waals surface area contributed by atoms with Crippen molar-refractivity contribution in [2.45, 2.75) is 13.1 Å². The molecule has 0 saturated carbocycles. The highest BCUT2D eigenvalue weighted by Gasteiger charge is 2.38. The summed E-state index contributed by atoms with van der Waals surface area (Å²) in [5.74, 6) is 0.565. The number of thiazole rings is 1. The number of ether oxygens (including phenoxy) is 1. The number of nitrogens with one attached hydrogen (secondary N) is 1. The first-order valence-electron chi connectivity index (χ1n) is 7.61. The van der Waals surface area contributed by atoms with E-state index in [-0.39, 0.29) is 10.0 Å². The van der Waals surface area contributed by atoms with Gasteiger partial charge in [0.2, 0.25) is 0 Å². The maximum atomic E-state index is 13.4. The monoisotopic (exact) mass is 364 g/mol. The summed E-state index contributed by atoms with van der Waals surface area (Å²) < 4.78 is 45.6. The van der Waals surface area contributed by atoms with E-state index in [1.165, 1.54) is 0 Å². The molecule has 3 nitrogen and oxygen atoms in total. The molecule has 1 heterocycles. The molecule has 25 heavy (non-hydrogen) atoms. The van der Waals surface area contributed by atoms with E-state index in [1.807, 2.05) is 6.92 Å². The third-order valence-electron chi connectivity index (χ3n) is 3.36. The fourth-order valence-electron chi connectivity index (χ4n) is 2.32. The number of rotatable bonds is 5. The van der Waals surface area contributed by atoms with Gasteiger partial charge in [-0.05, 0) is 24.6 Å². The molecule has 0 saturated heterocycles. The molecule has 3 aromatic rings. The van der Waals surface area contributed by atoms with Gasteiger partial charge in [0.25, 0.3) is 0 Å². The zero-order chi connectivity index (χ0) is 17.9. The van der Waals surface area contributed by atoms with Crippen molar-refractivity contribution in [1.82, 2.24) is 4.98 Å². The Hall–Kier alpha value is -2.54. The second-order valence-electron chi connectivity index (χ2n) is 5.11. The van der Waals surface area contributed by atoms with Crippen LogP contribution in [0.1, 0.15) is 12.6 Å². The average Bonchev–Trinajstić information content (AvgIpc) is 3.02. The zero-order valence-corrected chi connectivity index (χ0v) is 14.1. The van der Waals surface area contributed by atoms with Crippen LogP contribution in [0.15, 0.2) is 54.6 Å². The first-order chi connectivity index (χ1) is 12.0. The van der Waals surface area contributed by atoms with Crippen molar-refractivity contribution < 1.29 is 17.9 Å². The number of alkyl halides is 3. The molecule has 0 atom stereocenters. The summed E-state index contributed by atoms with van der Waals surface area (Å²) in [6.45, 7) is 2.30. The largest absolute Gasteiger partial charge is 0.492 e. The number of para-hydroxylation sites is 2. The highest BCUT2D eigenvalue weighted by Crippen LogP contribution is 2.43. The van der Waals surface area contributed by atoms with Crippen molar-refractivity contribution in [3.63, 3.8) is 0 Å². The van der Waals surface area contributed by atoms with E-state index in [2.05, 4.69) is 10.3 Å². The Morgan fingerprint density at radius 3 is 2.40 bits per heavy atom. The van der Waals surface area contributed by atoms with Gasteiger partial charge in [-0.1, -0.05) is 53.8 Å². The molecule has 130 valence electrons. The Balaban J connectivity index is 2.00. The molecule has 0 fully saturated rings. The Labute approximate surface area is 147 Å². The lowest BCUT2D eigenvalue weighted by molar-refractivity contribution is -0.140. The quantitative estimate of drug-likeness (QED) is 0.605. The van der Waals surface area contributed by atoms with Crippen LogP contribution in [0.3, 0.4) is 0 Å². The van der Waals surface area contributed by atoms with Gasteiger partial charge >= 0.3 is 6.18 Å². The van der Waals surface area contributed by atoms with Gasteiger partial charge in [-0.3, -0.25) is 0 Å². The Kier molecular flexibility index (Phi) is 4.94. The molecule has 0 bridgehead atoms. The van der Waals surface area contributed by atoms with Crippen molar-refractivity contribution in [3.8, 4) is 16.2 Å². The highest BCUT2D eigenvalue weighted by molar-refractivity contribution is 7.19. The van der Waals surface area contributed by atoms with Crippen molar-refractivity contribution >= 4 is 22.2 Å². The molecule has 2 aromatic carbocycles. The van der Waals surface area contributed by atoms with E-state index in [9.17, 15) is 13.2 Å². The average molecular weight is 364 g/mol. The van der Waals surface area contributed by atoms with E-state index in [0.717, 1.165) is 11.3 Å². The molecule has 7 heteroatoms. The number of anilines is 2. The predicted octanol–water partition coefficient (Wildman–Crippen LogP) is 5.97. The normalized spacial score (nSPS) is 11.4. The summed E-state index contributed by atoms with van der Waals surface area (Å²) >= 11 is 0.963. The summed E-state index contributed by atoms with van der Waals surface area (Å²) in [5.41, 5.74) is 0.171. The molecule has 0 aliphatic heterocycles. The molecule has 0 aliphatic carbocycles. The molecular formula is C18H15F3N2OS. The Bertz CT molecular complexity index is 847. The van der Waals surface area contributed by atoms with Crippen molar-refractivity contribution in [3.05, 3.63) is 60.3 Å². The van der Waals surface area contributed by atoms with Crippen LogP contribution in [-0.4, -0.2) is 11.6 Å². The van der Waals surface area contributed by atoms with Crippen LogP contribution < -0.4 is 10.1 Å². The van der Waals surface area contributed by atoms with E-state index < -0.39 is 11.9 Å². The lowest BCUT2D eigenvalue weighted by Crippen LogP contribution is -2.07. The molecule has 3 rings (SSSR count). The van der Waals surface area contributed by atoms with E-state index in [1.54, 1.807) is 54.6 Å². The summed E-state index contributed by atoms with van der Waals surface area (Å²) in [7, 11) is 0. The molecule has 1 aromatic heterocycles. The minimum atomic E-state index is -4.53. The Morgan fingerprint density at radius 2 is 1.72 bits per heavy atom. The number of halogens is 3. The third kappa shape index (κ3) is 3.93. The lowest BCUT2D eigenvalue weighted by Gasteiger charge is -2.10. The van der Waals surface area contributed by atoms with Gasteiger partial charge in [0, 0.05) is 0 Å². The van der Waals surface area contributed by atoms with Gasteiger partial charge < -0.3 is 10.1 Å². The highest BCUT2D eigenvalue weighted by atomic mass is 32.1. The summed E-state index contributed by atoms with van der Waals surface area (Å²) in [6.07, 6.45) is -4.53. The van der Waals surface area contributed by atoms with E-state index in [4.69, 9.17) is 4.74 Å². The predicted molar refractivity (Wildman–Crippen MR) is 93.4 cm³/mol. The molecular weight excluding hydrogens is 349 g/mol. The minimum absolute atomic E-state index is 0.0875. The standard InChI is InChI=1S/C18H15F3N2OS/c1-2-24-14-11-7-6-10-13(14)22-17-23-16(18(19,20)21)15(25-17)12-8-4-3-5-9-12/h3-11H,2H2,1H3,(H,22,23). The number of benzene rings is 2. The molecule has 0 amide bonds. The second-order valence-corrected chi connectivity index (χ2v) is 6.11. The van der Waals surface area contributed by atoms with Gasteiger partial charge in [0.15, 0.2) is 10.8 Å². The van der Waals surface area contributed by atoms with E-state index in [0.29, 0.717) is 23.6 Å². The fourth-order valence-corrected chi connectivity index (χ4v) is 3.32. The topological polar surface area (TPSA) is 34.1 Å². The van der Waals surface area contributed by atoms with Crippen LogP contribution in [-0.2, 0) is 6.18 Å². The number of nitrogens with zero attached hydrogens (tertiary/aromatic N) is 1. The summed E-state index contributed by atoms with van der Waals surface area (Å²) in [4.78, 5) is 3.87. The molecule has 1 N–H and O–H groups in total. The number of hydrogen-bond acceptors (Lipinski definition) is 4. The van der Waals surface area contributed by atoms with Crippen molar-refractivity contribution in [1.29, 1.82) is 0 Å². The van der Waals surface area contributed by atoms with Crippen LogP contribution in [0.5, 0.6) is 5.75 Å². The maximum Gasteiger partial charge on any atom is 0.434 e. The molecule has 0 unspecified atom stereocenters. The minimum Gasteiger partial charge on any atom is -0.492 e. The fraction of sp³-hybridized carbons (Fsp3) is 0.167. The zero-order valence-electron chi connectivity index (χ0n) is 13.3. The van der Waals surface area contributed by atoms with Crippen LogP contribution >= 0.6 is 11.3 Å². The summed E-state index contributed by atoms with van der Waals surface area (Å²) in [6, 6.07) is 15.5. The summed E-state index contributed by atoms with van der Waals surface area (Å²) in [5, 5.41) is 3.11. The van der Waals surface area contributed by atoms with Gasteiger partial charge in [0.05, 0.1) is 17.2 Å². The SMILES string of the molecule is CCOc1ccccc1Nc1nc(C(F)(F)F)c(-c2ccccc2)s1. The van der Waals surface area contributed by atoms with Crippen LogP contribution in [0, 0.1) is 0 Å². The van der Waals surface area contributed by atoms with Crippen LogP contribution in [0.4, 0.5) is 24.0 Å². The van der Waals surface area contributed by atoms with Crippen LogP contribution in [0.25, 0.3) is 10.4 Å². The first kappa shape index (κ1) is 17.3. The first-order valence-corrected chi connectivity index (χ1v) is 8.43. The van der Waals surface area contributed by atoms with Crippen molar-refractivity contribution in [2.75, 3.05) is 11.9 Å². The van der Waals surface area contributed by atoms with Crippen molar-refractivity contribution in [2.24, 2.45) is 0 Å². The number of aromatic nitrogens is 1. The second kappa shape index (κ2) is 7.14. The molecule has 0 spiro atoms. The smallest absolute Gasteiger partial charge is 0.434 e. The number of hydrogen-bond donors (Lipinski definition) is 1. The van der Waals surface area contributed by atoms with Gasteiger partial charge in [-0.2, -0.15) is 13.2 Å². The third-order valence-corrected chi connectivity index (χ3v) is 4.38. The molecule has 0 aliphatic rings. The van der Waals surface area contributed by atoms with Gasteiger partial charge in [-0.15, -0.1) is 0 Å². The maximum absolute atomic E-state index is 13.4. The Morgan fingerprint density at radius 1 is 1.04 bits per heavy atom. The van der Waals surface area contributed by atoms with Crippen LogP contribution in [0.2, 0.25) is 0 Å². The van der Waals surface area contributed by atoms with Gasteiger partial charge in [0.1, 0.15) is 5.75 Å². The lowest BCUT2D eigenvalue weighted by atomic mass is 10.1. The van der Waals surface area contributed by atoms with Gasteiger partial charge in [-0.25, -0.2) is 4.98 Å².